The summed E-state index contributed by atoms with van der Waals surface area (Å²) >= 11 is 6.10. The number of aliphatic imine (C=N–C) groups is 1. The van der Waals surface area contributed by atoms with Crippen molar-refractivity contribution in [3.05, 3.63) is 59.2 Å². The van der Waals surface area contributed by atoms with E-state index in [4.69, 9.17) is 11.6 Å². The van der Waals surface area contributed by atoms with Gasteiger partial charge in [0.05, 0.1) is 12.6 Å². The molecular formula is C19H27ClN6. The van der Waals surface area contributed by atoms with E-state index in [0.29, 0.717) is 6.54 Å². The van der Waals surface area contributed by atoms with Crippen molar-refractivity contribution in [1.82, 2.24) is 25.4 Å². The second-order valence-electron chi connectivity index (χ2n) is 6.26. The molecule has 1 atom stereocenters. The van der Waals surface area contributed by atoms with Gasteiger partial charge in [0.15, 0.2) is 5.96 Å². The van der Waals surface area contributed by atoms with Crippen LogP contribution in [-0.4, -0.2) is 33.8 Å². The Labute approximate surface area is 160 Å². The first-order chi connectivity index (χ1) is 12.5. The molecule has 0 spiro atoms. The lowest BCUT2D eigenvalue weighted by atomic mass is 10.1. The zero-order chi connectivity index (χ0) is 18.9. The maximum atomic E-state index is 6.10. The molecule has 0 radical (unpaired) electrons. The average molecular weight is 375 g/mol. The summed E-state index contributed by atoms with van der Waals surface area (Å²) in [4.78, 5) is 4.59. The van der Waals surface area contributed by atoms with E-state index in [1.807, 2.05) is 35.8 Å². The first-order valence-electron chi connectivity index (χ1n) is 8.81. The minimum atomic E-state index is 0.0752. The molecule has 2 aromatic rings. The standard InChI is InChI=1S/C19H27ClN6/c1-5-18-25-23-13-26(18)10-9-21-19(22-12-14(2)3)24-15(4)16-7-6-8-17(20)11-16/h6-8,11,13,15H,2,5,9-10,12H2,1,3-4H3,(H2,21,22,24). The molecule has 0 saturated carbocycles. The zero-order valence-corrected chi connectivity index (χ0v) is 16.4. The monoisotopic (exact) mass is 374 g/mol. The van der Waals surface area contributed by atoms with Gasteiger partial charge in [-0.1, -0.05) is 42.8 Å². The second-order valence-corrected chi connectivity index (χ2v) is 6.70. The fraction of sp³-hybridized carbons (Fsp3) is 0.421. The van der Waals surface area contributed by atoms with Crippen LogP contribution in [0.4, 0.5) is 0 Å². The predicted molar refractivity (Wildman–Crippen MR) is 108 cm³/mol. The highest BCUT2D eigenvalue weighted by molar-refractivity contribution is 6.30. The Morgan fingerprint density at radius 1 is 1.42 bits per heavy atom. The van der Waals surface area contributed by atoms with Gasteiger partial charge in [0.1, 0.15) is 12.2 Å². The summed E-state index contributed by atoms with van der Waals surface area (Å²) in [6.07, 6.45) is 2.62. The number of guanidine groups is 1. The topological polar surface area (TPSA) is 67.1 Å². The average Bonchev–Trinajstić information content (AvgIpc) is 3.06. The van der Waals surface area contributed by atoms with Gasteiger partial charge in [0.25, 0.3) is 0 Å². The Balaban J connectivity index is 1.99. The largest absolute Gasteiger partial charge is 0.355 e. The fourth-order valence-corrected chi connectivity index (χ4v) is 2.66. The molecule has 1 aromatic carbocycles. The number of hydrogen-bond donors (Lipinski definition) is 2. The highest BCUT2D eigenvalue weighted by Crippen LogP contribution is 2.17. The Bertz CT molecular complexity index is 752. The van der Waals surface area contributed by atoms with Crippen LogP contribution < -0.4 is 10.6 Å². The van der Waals surface area contributed by atoms with Gasteiger partial charge in [0, 0.05) is 24.5 Å². The Morgan fingerprint density at radius 2 is 2.23 bits per heavy atom. The number of rotatable bonds is 8. The lowest BCUT2D eigenvalue weighted by Gasteiger charge is -2.19. The normalized spacial score (nSPS) is 12.7. The second kappa shape index (κ2) is 9.97. The van der Waals surface area contributed by atoms with Crippen molar-refractivity contribution in [3.8, 4) is 0 Å². The van der Waals surface area contributed by atoms with Crippen LogP contribution in [0.25, 0.3) is 0 Å². The van der Waals surface area contributed by atoms with Crippen LogP contribution in [0.1, 0.15) is 38.2 Å². The number of benzene rings is 1. The van der Waals surface area contributed by atoms with E-state index in [2.05, 4.69) is 46.2 Å². The van der Waals surface area contributed by atoms with Crippen LogP contribution in [0.5, 0.6) is 0 Å². The molecule has 140 valence electrons. The van der Waals surface area contributed by atoms with Crippen LogP contribution in [0.2, 0.25) is 5.02 Å². The van der Waals surface area contributed by atoms with Crippen LogP contribution in [-0.2, 0) is 13.0 Å². The smallest absolute Gasteiger partial charge is 0.192 e. The zero-order valence-electron chi connectivity index (χ0n) is 15.7. The lowest BCUT2D eigenvalue weighted by Crippen LogP contribution is -2.40. The third-order valence-corrected chi connectivity index (χ3v) is 4.10. The molecule has 2 N–H and O–H groups in total. The van der Waals surface area contributed by atoms with Gasteiger partial charge in [-0.3, -0.25) is 0 Å². The van der Waals surface area contributed by atoms with Crippen molar-refractivity contribution in [2.75, 3.05) is 13.1 Å². The number of nitrogens with one attached hydrogen (secondary N) is 2. The summed E-state index contributed by atoms with van der Waals surface area (Å²) in [6, 6.07) is 7.90. The molecule has 1 unspecified atom stereocenters. The summed E-state index contributed by atoms with van der Waals surface area (Å²) in [5.41, 5.74) is 2.11. The molecule has 26 heavy (non-hydrogen) atoms. The highest BCUT2D eigenvalue weighted by atomic mass is 35.5. The van der Waals surface area contributed by atoms with Gasteiger partial charge in [-0.05, 0) is 31.5 Å². The molecule has 0 fully saturated rings. The van der Waals surface area contributed by atoms with Crippen LogP contribution >= 0.6 is 11.6 Å². The van der Waals surface area contributed by atoms with Crippen molar-refractivity contribution < 1.29 is 0 Å². The number of aryl methyl sites for hydroxylation is 1. The van der Waals surface area contributed by atoms with Crippen LogP contribution in [0, 0.1) is 0 Å². The summed E-state index contributed by atoms with van der Waals surface area (Å²) in [6.45, 7) is 12.1. The first kappa shape index (κ1) is 20.0. The molecule has 6 nitrogen and oxygen atoms in total. The predicted octanol–water partition coefficient (Wildman–Crippen LogP) is 3.37. The molecule has 0 aliphatic rings. The van der Waals surface area contributed by atoms with Crippen molar-refractivity contribution in [2.24, 2.45) is 4.99 Å². The van der Waals surface area contributed by atoms with Gasteiger partial charge in [-0.2, -0.15) is 0 Å². The van der Waals surface area contributed by atoms with Gasteiger partial charge >= 0.3 is 0 Å². The van der Waals surface area contributed by atoms with Crippen molar-refractivity contribution in [3.63, 3.8) is 0 Å². The van der Waals surface area contributed by atoms with E-state index in [1.54, 1.807) is 6.33 Å². The van der Waals surface area contributed by atoms with Crippen molar-refractivity contribution in [2.45, 2.75) is 39.8 Å². The van der Waals surface area contributed by atoms with E-state index in [1.165, 1.54) is 0 Å². The van der Waals surface area contributed by atoms with Crippen LogP contribution in [0.15, 0.2) is 47.7 Å². The Kier molecular flexibility index (Phi) is 7.66. The molecule has 7 heteroatoms. The maximum absolute atomic E-state index is 6.10. The third-order valence-electron chi connectivity index (χ3n) is 3.87. The quantitative estimate of drug-likeness (QED) is 0.422. The lowest BCUT2D eigenvalue weighted by molar-refractivity contribution is 0.620. The number of nitrogens with zero attached hydrogens (tertiary/aromatic N) is 4. The molecule has 1 heterocycles. The van der Waals surface area contributed by atoms with Crippen molar-refractivity contribution in [1.29, 1.82) is 0 Å². The summed E-state index contributed by atoms with van der Waals surface area (Å²) in [5, 5.41) is 15.6. The SMILES string of the molecule is C=C(C)CN=C(NCCn1cnnc1CC)NC(C)c1cccc(Cl)c1. The van der Waals surface area contributed by atoms with Crippen molar-refractivity contribution >= 4 is 17.6 Å². The molecule has 0 bridgehead atoms. The van der Waals surface area contributed by atoms with Gasteiger partial charge < -0.3 is 15.2 Å². The van der Waals surface area contributed by atoms with E-state index >= 15 is 0 Å². The summed E-state index contributed by atoms with van der Waals surface area (Å²) in [5.74, 6) is 1.72. The molecule has 2 rings (SSSR count). The van der Waals surface area contributed by atoms with Gasteiger partial charge in [-0.15, -0.1) is 10.2 Å². The molecule has 0 amide bonds. The molecule has 0 saturated heterocycles. The van der Waals surface area contributed by atoms with E-state index < -0.39 is 0 Å². The van der Waals surface area contributed by atoms with Gasteiger partial charge in [0.2, 0.25) is 0 Å². The Hall–Kier alpha value is -2.34. The summed E-state index contributed by atoms with van der Waals surface area (Å²) < 4.78 is 2.05. The van der Waals surface area contributed by atoms with E-state index in [9.17, 15) is 0 Å². The molecule has 1 aromatic heterocycles. The molecular weight excluding hydrogens is 348 g/mol. The van der Waals surface area contributed by atoms with Gasteiger partial charge in [-0.25, -0.2) is 4.99 Å². The number of aromatic nitrogens is 3. The minimum Gasteiger partial charge on any atom is -0.355 e. The van der Waals surface area contributed by atoms with Crippen LogP contribution in [0.3, 0.4) is 0 Å². The third kappa shape index (κ3) is 6.19. The minimum absolute atomic E-state index is 0.0752. The number of halogens is 1. The van der Waals surface area contributed by atoms with E-state index in [-0.39, 0.29) is 6.04 Å². The van der Waals surface area contributed by atoms with E-state index in [0.717, 1.165) is 47.5 Å². The fourth-order valence-electron chi connectivity index (χ4n) is 2.47. The number of hydrogen-bond acceptors (Lipinski definition) is 3. The summed E-state index contributed by atoms with van der Waals surface area (Å²) in [7, 11) is 0. The Morgan fingerprint density at radius 3 is 2.92 bits per heavy atom. The molecule has 0 aliphatic heterocycles. The highest BCUT2D eigenvalue weighted by Gasteiger charge is 2.09. The maximum Gasteiger partial charge on any atom is 0.192 e. The molecule has 0 aliphatic carbocycles. The first-order valence-corrected chi connectivity index (χ1v) is 9.18.